The lowest BCUT2D eigenvalue weighted by Crippen LogP contribution is -2.27. The van der Waals surface area contributed by atoms with Crippen molar-refractivity contribution in [2.24, 2.45) is 0 Å². The highest BCUT2D eigenvalue weighted by atomic mass is 79.9. The number of halogens is 2. The number of carbonyl (C=O) groups is 3. The number of hydrogen-bond acceptors (Lipinski definition) is 5. The molecule has 144 valence electrons. The Labute approximate surface area is 178 Å². The van der Waals surface area contributed by atoms with Crippen molar-refractivity contribution >= 4 is 62.5 Å². The topological polar surface area (TPSA) is 83.9 Å². The Hall–Kier alpha value is -2.29. The number of ether oxygens (including phenoxy) is 1. The lowest BCUT2D eigenvalue weighted by Gasteiger charge is -2.12. The summed E-state index contributed by atoms with van der Waals surface area (Å²) in [5.74, 6) is -1.23. The summed E-state index contributed by atoms with van der Waals surface area (Å²) in [6.45, 7) is -0.374. The first-order valence-electron chi connectivity index (χ1n) is 7.97. The van der Waals surface area contributed by atoms with E-state index < -0.39 is 18.5 Å². The van der Waals surface area contributed by atoms with Gasteiger partial charge in [0.2, 0.25) is 0 Å². The first-order valence-corrected chi connectivity index (χ1v) is 9.96. The first-order chi connectivity index (χ1) is 13.3. The van der Waals surface area contributed by atoms with E-state index in [9.17, 15) is 14.4 Å². The second-order valence-corrected chi connectivity index (χ2v) is 8.10. The van der Waals surface area contributed by atoms with Gasteiger partial charge < -0.3 is 9.84 Å². The molecular formula is C19H13BrClNO5S. The van der Waals surface area contributed by atoms with E-state index in [-0.39, 0.29) is 16.7 Å². The summed E-state index contributed by atoms with van der Waals surface area (Å²) in [6.07, 6.45) is 1.52. The maximum Gasteiger partial charge on any atom is 0.341 e. The van der Waals surface area contributed by atoms with Crippen molar-refractivity contribution < 1.29 is 24.2 Å². The van der Waals surface area contributed by atoms with Crippen LogP contribution in [0.2, 0.25) is 5.02 Å². The van der Waals surface area contributed by atoms with Crippen molar-refractivity contribution in [3.8, 4) is 5.75 Å². The Morgan fingerprint density at radius 2 is 1.93 bits per heavy atom. The second kappa shape index (κ2) is 8.81. The van der Waals surface area contributed by atoms with E-state index in [4.69, 9.17) is 21.4 Å². The number of thioether (sulfide) groups is 1. The maximum atomic E-state index is 12.7. The van der Waals surface area contributed by atoms with Crippen LogP contribution in [0.1, 0.15) is 11.1 Å². The van der Waals surface area contributed by atoms with Crippen molar-refractivity contribution in [3.63, 3.8) is 0 Å². The van der Waals surface area contributed by atoms with Gasteiger partial charge in [-0.15, -0.1) is 0 Å². The van der Waals surface area contributed by atoms with Gasteiger partial charge in [-0.05, 0) is 53.7 Å². The molecule has 0 aliphatic carbocycles. The zero-order chi connectivity index (χ0) is 20.3. The van der Waals surface area contributed by atoms with Gasteiger partial charge in [0.25, 0.3) is 11.1 Å². The average molecular weight is 483 g/mol. The first kappa shape index (κ1) is 20.4. The molecule has 0 spiro atoms. The van der Waals surface area contributed by atoms with Gasteiger partial charge in [-0.25, -0.2) is 4.79 Å². The van der Waals surface area contributed by atoms with Crippen LogP contribution >= 0.6 is 39.3 Å². The van der Waals surface area contributed by atoms with Gasteiger partial charge in [0.15, 0.2) is 6.61 Å². The summed E-state index contributed by atoms with van der Waals surface area (Å²) >= 11 is 10.0. The molecule has 1 saturated heterocycles. The van der Waals surface area contributed by atoms with Crippen molar-refractivity contribution in [1.82, 2.24) is 4.90 Å². The molecule has 2 aromatic rings. The smallest absolute Gasteiger partial charge is 0.341 e. The molecule has 2 aromatic carbocycles. The van der Waals surface area contributed by atoms with Crippen molar-refractivity contribution in [2.75, 3.05) is 6.61 Å². The minimum atomic E-state index is -1.11. The number of rotatable bonds is 6. The Morgan fingerprint density at radius 3 is 2.61 bits per heavy atom. The SMILES string of the molecule is O=C(O)COc1ccc(Br)cc1/C=C1/SC(=O)N(Cc2ccc(Cl)cc2)C1=O. The Kier molecular flexibility index (Phi) is 6.43. The monoisotopic (exact) mass is 481 g/mol. The van der Waals surface area contributed by atoms with Crippen LogP contribution in [-0.4, -0.2) is 33.7 Å². The quantitative estimate of drug-likeness (QED) is 0.595. The molecule has 1 N–H and O–H groups in total. The molecule has 0 radical (unpaired) electrons. The Bertz CT molecular complexity index is 977. The van der Waals surface area contributed by atoms with Gasteiger partial charge in [0, 0.05) is 15.1 Å². The molecule has 0 saturated carbocycles. The number of benzene rings is 2. The molecule has 3 rings (SSSR count). The van der Waals surface area contributed by atoms with Crippen LogP contribution < -0.4 is 4.74 Å². The van der Waals surface area contributed by atoms with E-state index in [1.807, 2.05) is 0 Å². The van der Waals surface area contributed by atoms with Gasteiger partial charge in [0.1, 0.15) is 5.75 Å². The molecular weight excluding hydrogens is 470 g/mol. The highest BCUT2D eigenvalue weighted by Crippen LogP contribution is 2.35. The van der Waals surface area contributed by atoms with Crippen LogP contribution in [0.3, 0.4) is 0 Å². The van der Waals surface area contributed by atoms with Crippen LogP contribution in [0.5, 0.6) is 5.75 Å². The molecule has 1 fully saturated rings. The second-order valence-electron chi connectivity index (χ2n) is 5.76. The third kappa shape index (κ3) is 4.95. The zero-order valence-corrected chi connectivity index (χ0v) is 17.4. The van der Waals surface area contributed by atoms with Crippen molar-refractivity contribution in [3.05, 3.63) is 68.0 Å². The average Bonchev–Trinajstić information content (AvgIpc) is 2.90. The molecule has 0 atom stereocenters. The van der Waals surface area contributed by atoms with E-state index in [2.05, 4.69) is 15.9 Å². The fourth-order valence-corrected chi connectivity index (χ4v) is 3.79. The normalized spacial score (nSPS) is 15.4. The fraction of sp³-hybridized carbons (Fsp3) is 0.105. The third-order valence-corrected chi connectivity index (χ3v) is 5.39. The number of imide groups is 1. The van der Waals surface area contributed by atoms with Crippen molar-refractivity contribution in [2.45, 2.75) is 6.54 Å². The molecule has 1 aliphatic rings. The predicted octanol–water partition coefficient (Wildman–Crippen LogP) is 4.80. The number of carbonyl (C=O) groups excluding carboxylic acids is 2. The molecule has 0 bridgehead atoms. The molecule has 0 unspecified atom stereocenters. The van der Waals surface area contributed by atoms with Gasteiger partial charge in [-0.1, -0.05) is 39.7 Å². The van der Waals surface area contributed by atoms with E-state index in [0.29, 0.717) is 16.3 Å². The van der Waals surface area contributed by atoms with Gasteiger partial charge >= 0.3 is 5.97 Å². The van der Waals surface area contributed by atoms with Crippen LogP contribution in [0.25, 0.3) is 6.08 Å². The number of carboxylic acids is 1. The van der Waals surface area contributed by atoms with E-state index >= 15 is 0 Å². The summed E-state index contributed by atoms with van der Waals surface area (Å²) < 4.78 is 5.99. The largest absolute Gasteiger partial charge is 0.481 e. The summed E-state index contributed by atoms with van der Waals surface area (Å²) in [7, 11) is 0. The fourth-order valence-electron chi connectivity index (χ4n) is 2.45. The summed E-state index contributed by atoms with van der Waals surface area (Å²) in [5.41, 5.74) is 1.27. The van der Waals surface area contributed by atoms with Crippen LogP contribution in [0.4, 0.5) is 4.79 Å². The van der Waals surface area contributed by atoms with E-state index in [1.54, 1.807) is 42.5 Å². The molecule has 6 nitrogen and oxygen atoms in total. The maximum absolute atomic E-state index is 12.7. The number of hydrogen-bond donors (Lipinski definition) is 1. The minimum Gasteiger partial charge on any atom is -0.481 e. The molecule has 9 heteroatoms. The molecule has 28 heavy (non-hydrogen) atoms. The van der Waals surface area contributed by atoms with Gasteiger partial charge in [-0.3, -0.25) is 14.5 Å². The summed E-state index contributed by atoms with van der Waals surface area (Å²) in [5, 5.41) is 9.00. The van der Waals surface area contributed by atoms with Gasteiger partial charge in [0.05, 0.1) is 11.4 Å². The van der Waals surface area contributed by atoms with Crippen LogP contribution in [0.15, 0.2) is 51.8 Å². The molecule has 1 heterocycles. The van der Waals surface area contributed by atoms with Crippen molar-refractivity contribution in [1.29, 1.82) is 0 Å². The number of aliphatic carboxylic acids is 1. The minimum absolute atomic E-state index is 0.139. The van der Waals surface area contributed by atoms with Gasteiger partial charge in [-0.2, -0.15) is 0 Å². The van der Waals surface area contributed by atoms with E-state index in [0.717, 1.165) is 26.7 Å². The summed E-state index contributed by atoms with van der Waals surface area (Å²) in [6, 6.07) is 11.9. The lowest BCUT2D eigenvalue weighted by molar-refractivity contribution is -0.139. The predicted molar refractivity (Wildman–Crippen MR) is 110 cm³/mol. The number of amides is 2. The van der Waals surface area contributed by atoms with E-state index in [1.165, 1.54) is 6.08 Å². The zero-order valence-electron chi connectivity index (χ0n) is 14.2. The Morgan fingerprint density at radius 1 is 1.21 bits per heavy atom. The molecule has 1 aliphatic heterocycles. The Balaban J connectivity index is 1.84. The third-order valence-electron chi connectivity index (χ3n) is 3.74. The molecule has 0 aromatic heterocycles. The number of carboxylic acid groups (broad SMARTS) is 1. The highest BCUT2D eigenvalue weighted by Gasteiger charge is 2.35. The molecule has 2 amide bonds. The number of nitrogens with zero attached hydrogens (tertiary/aromatic N) is 1. The van der Waals surface area contributed by atoms with Crippen LogP contribution in [-0.2, 0) is 16.1 Å². The summed E-state index contributed by atoms with van der Waals surface area (Å²) in [4.78, 5) is 37.1. The lowest BCUT2D eigenvalue weighted by atomic mass is 10.1. The highest BCUT2D eigenvalue weighted by molar-refractivity contribution is 9.10. The standard InChI is InChI=1S/C19H13BrClNO5S/c20-13-3-6-15(27-10-17(23)24)12(7-13)8-16-18(25)22(19(26)28-16)9-11-1-4-14(21)5-2-11/h1-8H,9-10H2,(H,23,24)/b16-8+. The van der Waals surface area contributed by atoms with Crippen LogP contribution in [0, 0.1) is 0 Å².